The van der Waals surface area contributed by atoms with E-state index in [-0.39, 0.29) is 5.78 Å². The first-order valence-electron chi connectivity index (χ1n) is 6.41. The van der Waals surface area contributed by atoms with Crippen molar-refractivity contribution in [3.8, 4) is 11.8 Å². The van der Waals surface area contributed by atoms with E-state index in [1.807, 2.05) is 0 Å². The molecule has 6 nitrogen and oxygen atoms in total. The van der Waals surface area contributed by atoms with Crippen LogP contribution in [0, 0.1) is 11.8 Å². The maximum absolute atomic E-state index is 11.0. The molecule has 0 bridgehead atoms. The van der Waals surface area contributed by atoms with Crippen molar-refractivity contribution < 1.29 is 9.53 Å². The van der Waals surface area contributed by atoms with Crippen LogP contribution in [0.3, 0.4) is 0 Å². The predicted octanol–water partition coefficient (Wildman–Crippen LogP) is 0.326. The van der Waals surface area contributed by atoms with Gasteiger partial charge in [0.25, 0.3) is 0 Å². The summed E-state index contributed by atoms with van der Waals surface area (Å²) in [5.74, 6) is 4.99. The zero-order valence-corrected chi connectivity index (χ0v) is 11.2. The van der Waals surface area contributed by atoms with Gasteiger partial charge >= 0.3 is 0 Å². The maximum Gasteiger partial charge on any atom is 0.219 e. The van der Waals surface area contributed by atoms with Gasteiger partial charge in [-0.1, -0.05) is 5.92 Å². The van der Waals surface area contributed by atoms with Crippen LogP contribution in [0.4, 0.5) is 0 Å². The summed E-state index contributed by atoms with van der Waals surface area (Å²) in [4.78, 5) is 11.0. The third kappa shape index (κ3) is 8.08. The summed E-state index contributed by atoms with van der Waals surface area (Å²) in [5, 5.41) is 13.3. The van der Waals surface area contributed by atoms with Crippen molar-refractivity contribution in [2.45, 2.75) is 26.2 Å². The van der Waals surface area contributed by atoms with Crippen molar-refractivity contribution in [1.29, 1.82) is 0 Å². The molecule has 0 atom stereocenters. The average molecular weight is 264 g/mol. The normalized spacial score (nSPS) is 9.95. The second kappa shape index (κ2) is 10.2. The van der Waals surface area contributed by atoms with Gasteiger partial charge < -0.3 is 10.1 Å². The van der Waals surface area contributed by atoms with Crippen LogP contribution in [-0.4, -0.2) is 47.5 Å². The number of rotatable bonds is 10. The molecular formula is C13H20N4O2. The molecule has 0 aliphatic heterocycles. The van der Waals surface area contributed by atoms with E-state index in [0.717, 1.165) is 31.5 Å². The summed E-state index contributed by atoms with van der Waals surface area (Å²) < 4.78 is 5.48. The monoisotopic (exact) mass is 264 g/mol. The van der Waals surface area contributed by atoms with Crippen LogP contribution < -0.4 is 5.32 Å². The van der Waals surface area contributed by atoms with Crippen LogP contribution in [0.25, 0.3) is 0 Å². The molecule has 0 aromatic carbocycles. The number of H-pyrrole nitrogens is 1. The molecule has 19 heavy (non-hydrogen) atoms. The van der Waals surface area contributed by atoms with Crippen LogP contribution in [0.5, 0.6) is 0 Å². The first-order valence-corrected chi connectivity index (χ1v) is 6.41. The van der Waals surface area contributed by atoms with E-state index in [1.165, 1.54) is 0 Å². The number of Topliss-reactive ketones (excluding diaryl/α,β-unsaturated/α-hetero) is 1. The highest BCUT2D eigenvalue weighted by atomic mass is 16.5. The van der Waals surface area contributed by atoms with E-state index in [2.05, 4.69) is 32.6 Å². The van der Waals surface area contributed by atoms with Gasteiger partial charge in [-0.2, -0.15) is 15.4 Å². The zero-order valence-electron chi connectivity index (χ0n) is 11.2. The first kappa shape index (κ1) is 15.3. The topological polar surface area (TPSA) is 79.9 Å². The molecular weight excluding hydrogens is 244 g/mol. The van der Waals surface area contributed by atoms with E-state index in [1.54, 1.807) is 13.1 Å². The summed E-state index contributed by atoms with van der Waals surface area (Å²) >= 11 is 0. The van der Waals surface area contributed by atoms with E-state index in [9.17, 15) is 4.79 Å². The molecule has 0 amide bonds. The lowest BCUT2D eigenvalue weighted by molar-refractivity contribution is -0.113. The average Bonchev–Trinajstić information content (AvgIpc) is 2.90. The van der Waals surface area contributed by atoms with Crippen LogP contribution >= 0.6 is 0 Å². The highest BCUT2D eigenvalue weighted by molar-refractivity contribution is 5.96. The third-order valence-electron chi connectivity index (χ3n) is 2.38. The first-order chi connectivity index (χ1) is 9.33. The number of aryl methyl sites for hydroxylation is 1. The molecule has 0 saturated heterocycles. The second-order valence-corrected chi connectivity index (χ2v) is 4.01. The van der Waals surface area contributed by atoms with Crippen molar-refractivity contribution in [1.82, 2.24) is 20.7 Å². The highest BCUT2D eigenvalue weighted by Crippen LogP contribution is 1.95. The standard InChI is InChI=1S/C13H20N4O2/c1-2-5-13(18)11-14-7-4-9-19-8-3-6-12-10-15-17-16-12/h10,14H,3-4,6-9,11H2,1H3,(H,15,16,17). The molecule has 6 heteroatoms. The Labute approximate surface area is 113 Å². The number of nitrogens with zero attached hydrogens (tertiary/aromatic N) is 2. The molecule has 2 N–H and O–H groups in total. The van der Waals surface area contributed by atoms with Gasteiger partial charge in [0.05, 0.1) is 18.4 Å². The van der Waals surface area contributed by atoms with Gasteiger partial charge in [0.1, 0.15) is 0 Å². The number of hydrogen-bond acceptors (Lipinski definition) is 5. The van der Waals surface area contributed by atoms with Gasteiger partial charge in [-0.05, 0) is 38.7 Å². The number of nitrogens with one attached hydrogen (secondary N) is 2. The van der Waals surface area contributed by atoms with Crippen LogP contribution in [-0.2, 0) is 16.0 Å². The third-order valence-corrected chi connectivity index (χ3v) is 2.38. The number of ether oxygens (including phenoxy) is 1. The molecule has 1 rings (SSSR count). The van der Waals surface area contributed by atoms with E-state index in [4.69, 9.17) is 4.74 Å². The van der Waals surface area contributed by atoms with Crippen LogP contribution in [0.15, 0.2) is 6.20 Å². The minimum atomic E-state index is -0.0731. The minimum Gasteiger partial charge on any atom is -0.381 e. The maximum atomic E-state index is 11.0. The molecule has 0 aliphatic rings. The van der Waals surface area contributed by atoms with E-state index < -0.39 is 0 Å². The predicted molar refractivity (Wildman–Crippen MR) is 71.5 cm³/mol. The summed E-state index contributed by atoms with van der Waals surface area (Å²) in [7, 11) is 0. The second-order valence-electron chi connectivity index (χ2n) is 4.01. The van der Waals surface area contributed by atoms with Gasteiger partial charge in [-0.25, -0.2) is 0 Å². The van der Waals surface area contributed by atoms with Crippen LogP contribution in [0.1, 0.15) is 25.5 Å². The molecule has 0 unspecified atom stereocenters. The Morgan fingerprint density at radius 2 is 2.32 bits per heavy atom. The molecule has 1 aromatic rings. The SMILES string of the molecule is CC#CC(=O)CNCCCOCCCc1cn[nH]n1. The number of aromatic amines is 1. The van der Waals surface area contributed by atoms with Crippen molar-refractivity contribution in [3.05, 3.63) is 11.9 Å². The van der Waals surface area contributed by atoms with Gasteiger partial charge in [0.15, 0.2) is 0 Å². The molecule has 0 spiro atoms. The Kier molecular flexibility index (Phi) is 8.27. The van der Waals surface area contributed by atoms with Crippen LogP contribution in [0.2, 0.25) is 0 Å². The summed E-state index contributed by atoms with van der Waals surface area (Å²) in [5.41, 5.74) is 0.959. The number of ketones is 1. The summed E-state index contributed by atoms with van der Waals surface area (Å²) in [6, 6.07) is 0. The van der Waals surface area contributed by atoms with Gasteiger partial charge in [-0.15, -0.1) is 0 Å². The van der Waals surface area contributed by atoms with E-state index in [0.29, 0.717) is 19.8 Å². The van der Waals surface area contributed by atoms with Gasteiger partial charge in [0, 0.05) is 13.2 Å². The van der Waals surface area contributed by atoms with Crippen molar-refractivity contribution in [3.63, 3.8) is 0 Å². The van der Waals surface area contributed by atoms with Gasteiger partial charge in [0.2, 0.25) is 5.78 Å². The quantitative estimate of drug-likeness (QED) is 0.361. The number of carbonyl (C=O) groups is 1. The molecule has 0 aliphatic carbocycles. The Morgan fingerprint density at radius 3 is 3.05 bits per heavy atom. The zero-order chi connectivity index (χ0) is 13.8. The molecule has 0 saturated carbocycles. The lowest BCUT2D eigenvalue weighted by Crippen LogP contribution is -2.23. The minimum absolute atomic E-state index is 0.0731. The Bertz CT molecular complexity index is 406. The molecule has 0 fully saturated rings. The molecule has 104 valence electrons. The Balaban J connectivity index is 1.83. The Morgan fingerprint density at radius 1 is 1.47 bits per heavy atom. The number of aromatic nitrogens is 3. The van der Waals surface area contributed by atoms with Crippen molar-refractivity contribution in [2.24, 2.45) is 0 Å². The lowest BCUT2D eigenvalue weighted by Gasteiger charge is -2.04. The fourth-order valence-corrected chi connectivity index (χ4v) is 1.49. The highest BCUT2D eigenvalue weighted by Gasteiger charge is 1.97. The Hall–Kier alpha value is -1.71. The fourth-order valence-electron chi connectivity index (χ4n) is 1.49. The van der Waals surface area contributed by atoms with Crippen molar-refractivity contribution in [2.75, 3.05) is 26.3 Å². The number of carbonyl (C=O) groups excluding carboxylic acids is 1. The van der Waals surface area contributed by atoms with E-state index >= 15 is 0 Å². The van der Waals surface area contributed by atoms with Gasteiger partial charge in [-0.3, -0.25) is 4.79 Å². The largest absolute Gasteiger partial charge is 0.381 e. The number of hydrogen-bond donors (Lipinski definition) is 2. The molecule has 0 radical (unpaired) electrons. The fraction of sp³-hybridized carbons (Fsp3) is 0.615. The van der Waals surface area contributed by atoms with Crippen molar-refractivity contribution >= 4 is 5.78 Å². The lowest BCUT2D eigenvalue weighted by atomic mass is 10.3. The smallest absolute Gasteiger partial charge is 0.219 e. The summed E-state index contributed by atoms with van der Waals surface area (Å²) in [6.45, 7) is 4.14. The molecule has 1 heterocycles. The summed E-state index contributed by atoms with van der Waals surface area (Å²) in [6.07, 6.45) is 4.42. The molecule has 1 aromatic heterocycles.